The van der Waals surface area contributed by atoms with E-state index in [1.54, 1.807) is 12.1 Å². The van der Waals surface area contributed by atoms with E-state index in [9.17, 15) is 28.8 Å². The zero-order valence-electron chi connectivity index (χ0n) is 18.8. The predicted octanol–water partition coefficient (Wildman–Crippen LogP) is 0.299. The maximum atomic E-state index is 12.9. The molecule has 34 heavy (non-hydrogen) atoms. The highest BCUT2D eigenvalue weighted by atomic mass is 16.7. The van der Waals surface area contributed by atoms with Crippen LogP contribution in [-0.2, 0) is 47.7 Å². The number of esters is 4. The Morgan fingerprint density at radius 2 is 1.38 bits per heavy atom. The first-order chi connectivity index (χ1) is 16.0. The van der Waals surface area contributed by atoms with E-state index >= 15 is 0 Å². The molecule has 182 valence electrons. The lowest BCUT2D eigenvalue weighted by molar-refractivity contribution is -0.251. The first kappa shape index (κ1) is 24.8. The summed E-state index contributed by atoms with van der Waals surface area (Å²) in [5.41, 5.74) is 0.277. The SMILES string of the molecule is CC(=O)OC[C@H]1O[C@@H](N2C(=O)C(=O)c3ccccc32)[C@H](OC(C)=O)[C@@H](OC(C)=O)[C@@H]1OC(C)=O. The van der Waals surface area contributed by atoms with Gasteiger partial charge in [-0.15, -0.1) is 0 Å². The Hall–Kier alpha value is -3.80. The summed E-state index contributed by atoms with van der Waals surface area (Å²) in [5.74, 6) is -4.87. The highest BCUT2D eigenvalue weighted by Gasteiger charge is 2.56. The van der Waals surface area contributed by atoms with E-state index in [4.69, 9.17) is 23.7 Å². The topological polar surface area (TPSA) is 152 Å². The monoisotopic (exact) mass is 477 g/mol. The quantitative estimate of drug-likeness (QED) is 0.316. The first-order valence-corrected chi connectivity index (χ1v) is 10.3. The molecule has 0 N–H and O–H groups in total. The molecule has 1 fully saturated rings. The molecule has 12 nitrogen and oxygen atoms in total. The van der Waals surface area contributed by atoms with Gasteiger partial charge in [0, 0.05) is 27.7 Å². The van der Waals surface area contributed by atoms with Crippen molar-refractivity contribution in [3.63, 3.8) is 0 Å². The molecule has 0 unspecified atom stereocenters. The summed E-state index contributed by atoms with van der Waals surface area (Å²) in [4.78, 5) is 73.6. The molecule has 12 heteroatoms. The van der Waals surface area contributed by atoms with Crippen LogP contribution in [0.15, 0.2) is 24.3 Å². The lowest BCUT2D eigenvalue weighted by Crippen LogP contribution is -2.67. The molecule has 2 aliphatic heterocycles. The minimum absolute atomic E-state index is 0.0976. The number of carbonyl (C=O) groups excluding carboxylic acids is 6. The molecule has 0 aromatic heterocycles. The van der Waals surface area contributed by atoms with Crippen molar-refractivity contribution in [2.24, 2.45) is 0 Å². The van der Waals surface area contributed by atoms with Gasteiger partial charge in [-0.3, -0.25) is 33.7 Å². The number of benzene rings is 1. The number of hydrogen-bond acceptors (Lipinski definition) is 11. The number of anilines is 1. The van der Waals surface area contributed by atoms with Gasteiger partial charge in [0.25, 0.3) is 5.78 Å². The molecular formula is C22H23NO11. The van der Waals surface area contributed by atoms with Crippen LogP contribution in [0.25, 0.3) is 0 Å². The van der Waals surface area contributed by atoms with Crippen LogP contribution in [-0.4, -0.2) is 72.8 Å². The molecule has 1 amide bonds. The van der Waals surface area contributed by atoms with Gasteiger partial charge in [0.05, 0.1) is 11.3 Å². The van der Waals surface area contributed by atoms with Crippen molar-refractivity contribution in [1.29, 1.82) is 0 Å². The Kier molecular flexibility index (Phi) is 7.30. The number of para-hydroxylation sites is 1. The first-order valence-electron chi connectivity index (χ1n) is 10.3. The fraction of sp³-hybridized carbons (Fsp3) is 0.455. The molecule has 2 aliphatic rings. The maximum absolute atomic E-state index is 12.9. The molecule has 0 bridgehead atoms. The summed E-state index contributed by atoms with van der Waals surface area (Å²) in [7, 11) is 0. The molecular weight excluding hydrogens is 454 g/mol. The summed E-state index contributed by atoms with van der Waals surface area (Å²) in [6, 6.07) is 6.09. The highest BCUT2D eigenvalue weighted by molar-refractivity contribution is 6.52. The van der Waals surface area contributed by atoms with Crippen molar-refractivity contribution in [1.82, 2.24) is 0 Å². The molecule has 0 spiro atoms. The maximum Gasteiger partial charge on any atom is 0.303 e. The van der Waals surface area contributed by atoms with Crippen LogP contribution in [0.3, 0.4) is 0 Å². The number of Topliss-reactive ketones (excluding diaryl/α,β-unsaturated/α-hetero) is 1. The summed E-state index contributed by atoms with van der Waals surface area (Å²) >= 11 is 0. The minimum Gasteiger partial charge on any atom is -0.463 e. The molecule has 1 aromatic carbocycles. The molecule has 0 radical (unpaired) electrons. The average Bonchev–Trinajstić information content (AvgIpc) is 2.99. The Bertz CT molecular complexity index is 1040. The third-order valence-corrected chi connectivity index (χ3v) is 5.04. The van der Waals surface area contributed by atoms with Gasteiger partial charge in [-0.2, -0.15) is 0 Å². The van der Waals surface area contributed by atoms with E-state index in [1.165, 1.54) is 12.1 Å². The number of ether oxygens (including phenoxy) is 5. The van der Waals surface area contributed by atoms with Crippen molar-refractivity contribution < 1.29 is 52.5 Å². The second-order valence-electron chi connectivity index (χ2n) is 7.61. The number of carbonyl (C=O) groups is 6. The van der Waals surface area contributed by atoms with Gasteiger partial charge in [-0.1, -0.05) is 12.1 Å². The third-order valence-electron chi connectivity index (χ3n) is 5.04. The van der Waals surface area contributed by atoms with Gasteiger partial charge < -0.3 is 23.7 Å². The van der Waals surface area contributed by atoms with E-state index < -0.39 is 72.8 Å². The Balaban J connectivity index is 2.12. The van der Waals surface area contributed by atoms with E-state index in [2.05, 4.69) is 0 Å². The van der Waals surface area contributed by atoms with Crippen LogP contribution < -0.4 is 4.90 Å². The third kappa shape index (κ3) is 5.06. The zero-order chi connectivity index (χ0) is 25.2. The normalized spacial score (nSPS) is 25.9. The summed E-state index contributed by atoms with van der Waals surface area (Å²) < 4.78 is 27.0. The van der Waals surface area contributed by atoms with Gasteiger partial charge in [-0.05, 0) is 12.1 Å². The summed E-state index contributed by atoms with van der Waals surface area (Å²) in [6.45, 7) is 3.95. The lowest BCUT2D eigenvalue weighted by atomic mass is 9.96. The van der Waals surface area contributed by atoms with E-state index in [-0.39, 0.29) is 11.3 Å². The number of fused-ring (bicyclic) bond motifs is 1. The van der Waals surface area contributed by atoms with Gasteiger partial charge >= 0.3 is 29.8 Å². The molecule has 2 heterocycles. The van der Waals surface area contributed by atoms with E-state index in [0.29, 0.717) is 0 Å². The lowest BCUT2D eigenvalue weighted by Gasteiger charge is -2.46. The van der Waals surface area contributed by atoms with Gasteiger partial charge in [0.15, 0.2) is 24.5 Å². The second-order valence-corrected chi connectivity index (χ2v) is 7.61. The Morgan fingerprint density at radius 3 is 1.97 bits per heavy atom. The predicted molar refractivity (Wildman–Crippen MR) is 110 cm³/mol. The average molecular weight is 477 g/mol. The number of rotatable bonds is 6. The van der Waals surface area contributed by atoms with Crippen molar-refractivity contribution in [2.45, 2.75) is 58.3 Å². The van der Waals surface area contributed by atoms with E-state index in [0.717, 1.165) is 32.6 Å². The van der Waals surface area contributed by atoms with Crippen molar-refractivity contribution in [3.05, 3.63) is 29.8 Å². The van der Waals surface area contributed by atoms with Crippen LogP contribution >= 0.6 is 0 Å². The Morgan fingerprint density at radius 1 is 0.824 bits per heavy atom. The van der Waals surface area contributed by atoms with Crippen LogP contribution in [0.5, 0.6) is 0 Å². The largest absolute Gasteiger partial charge is 0.463 e. The van der Waals surface area contributed by atoms with Crippen LogP contribution in [0, 0.1) is 0 Å². The fourth-order valence-corrected chi connectivity index (χ4v) is 3.88. The van der Waals surface area contributed by atoms with Gasteiger partial charge in [0.2, 0.25) is 0 Å². The van der Waals surface area contributed by atoms with Gasteiger partial charge in [0.1, 0.15) is 12.7 Å². The van der Waals surface area contributed by atoms with Crippen molar-refractivity contribution >= 4 is 41.3 Å². The standard InChI is InChI=1S/C22H23NO11/c1-10(24)30-9-16-18(31-11(2)25)19(32-12(3)26)20(33-13(4)27)22(34-16)23-15-8-6-5-7-14(15)17(28)21(23)29/h5-8,16,18-20,22H,9H2,1-4H3/t16-,18-,19+,20-,22-/m1/s1. The second kappa shape index (κ2) is 10.00. The van der Waals surface area contributed by atoms with Crippen LogP contribution in [0.2, 0.25) is 0 Å². The summed E-state index contributed by atoms with van der Waals surface area (Å²) in [6.07, 6.45) is -7.06. The number of ketones is 1. The highest BCUT2D eigenvalue weighted by Crippen LogP contribution is 2.37. The smallest absolute Gasteiger partial charge is 0.303 e. The fourth-order valence-electron chi connectivity index (χ4n) is 3.88. The molecule has 5 atom stereocenters. The number of amides is 1. The summed E-state index contributed by atoms with van der Waals surface area (Å²) in [5, 5.41) is 0. The molecule has 3 rings (SSSR count). The minimum atomic E-state index is -1.50. The molecule has 1 aromatic rings. The van der Waals surface area contributed by atoms with Crippen molar-refractivity contribution in [2.75, 3.05) is 11.5 Å². The molecule has 0 saturated carbocycles. The Labute approximate surface area is 194 Å². The molecule has 0 aliphatic carbocycles. The van der Waals surface area contributed by atoms with Crippen molar-refractivity contribution in [3.8, 4) is 0 Å². The van der Waals surface area contributed by atoms with Gasteiger partial charge in [-0.25, -0.2) is 0 Å². The number of hydrogen-bond donors (Lipinski definition) is 0. The van der Waals surface area contributed by atoms with E-state index in [1.807, 2.05) is 0 Å². The van der Waals surface area contributed by atoms with Crippen LogP contribution in [0.4, 0.5) is 5.69 Å². The number of nitrogens with zero attached hydrogens (tertiary/aromatic N) is 1. The van der Waals surface area contributed by atoms with Crippen LogP contribution in [0.1, 0.15) is 38.1 Å². The molecule has 1 saturated heterocycles. The zero-order valence-corrected chi connectivity index (χ0v) is 18.8.